The first-order valence-electron chi connectivity index (χ1n) is 12.3. The van der Waals surface area contributed by atoms with Gasteiger partial charge in [-0.15, -0.1) is 0 Å². The van der Waals surface area contributed by atoms with Crippen molar-refractivity contribution in [3.05, 3.63) is 29.8 Å². The number of carbonyl (C=O) groups is 1. The second-order valence-corrected chi connectivity index (χ2v) is 11.0. The van der Waals surface area contributed by atoms with Crippen LogP contribution in [0.2, 0.25) is 0 Å². The molecule has 1 unspecified atom stereocenters. The zero-order chi connectivity index (χ0) is 26.8. The second kappa shape index (κ2) is 16.0. The quantitative estimate of drug-likeness (QED) is 0.221. The number of hydrogen-bond donors (Lipinski definition) is 0. The van der Waals surface area contributed by atoms with Gasteiger partial charge in [0.15, 0.2) is 5.52 Å². The molecular formula is C28H41LiO7P. The molecule has 37 heavy (non-hydrogen) atoms. The Morgan fingerprint density at radius 3 is 1.43 bits per heavy atom. The summed E-state index contributed by atoms with van der Waals surface area (Å²) in [7, 11) is 4.29. The van der Waals surface area contributed by atoms with Crippen molar-refractivity contribution in [1.29, 1.82) is 0 Å². The first-order chi connectivity index (χ1) is 17.1. The fraction of sp³-hybridized carbons (Fsp3) is 0.536. The minimum absolute atomic E-state index is 0. The van der Waals surface area contributed by atoms with Crippen molar-refractivity contribution in [2.24, 2.45) is 17.8 Å². The molecule has 0 aliphatic rings. The Kier molecular flexibility index (Phi) is 14.3. The van der Waals surface area contributed by atoms with E-state index in [9.17, 15) is 4.79 Å². The Bertz CT molecular complexity index is 950. The van der Waals surface area contributed by atoms with Gasteiger partial charge in [0.2, 0.25) is 0 Å². The van der Waals surface area contributed by atoms with Gasteiger partial charge in [0.25, 0.3) is 0 Å². The van der Waals surface area contributed by atoms with Gasteiger partial charge < -0.3 is 28.4 Å². The van der Waals surface area contributed by atoms with Crippen LogP contribution in [-0.4, -0.2) is 65.5 Å². The summed E-state index contributed by atoms with van der Waals surface area (Å²) in [6.07, 6.45) is 0. The molecule has 1 atom stereocenters. The summed E-state index contributed by atoms with van der Waals surface area (Å²) in [4.78, 5) is 13.7. The van der Waals surface area contributed by atoms with Crippen molar-refractivity contribution < 1.29 is 33.2 Å². The smallest absolute Gasteiger partial charge is 0.193 e. The van der Waals surface area contributed by atoms with Crippen molar-refractivity contribution in [1.82, 2.24) is 0 Å². The molecule has 0 heterocycles. The van der Waals surface area contributed by atoms with Crippen LogP contribution in [0.3, 0.4) is 0 Å². The van der Waals surface area contributed by atoms with Gasteiger partial charge in [0, 0.05) is 43.1 Å². The summed E-state index contributed by atoms with van der Waals surface area (Å²) in [6.45, 7) is 14.1. The Balaban J connectivity index is 0.00000684. The number of ether oxygens (including phenoxy) is 6. The van der Waals surface area contributed by atoms with Crippen molar-refractivity contribution in [2.75, 3.05) is 41.2 Å². The molecule has 0 saturated carbocycles. The van der Waals surface area contributed by atoms with Gasteiger partial charge in [-0.25, -0.2) is 0 Å². The monoisotopic (exact) mass is 527 g/mol. The molecule has 9 heteroatoms. The largest absolute Gasteiger partial charge is 0.496 e. The van der Waals surface area contributed by atoms with Crippen molar-refractivity contribution in [3.8, 4) is 34.5 Å². The molecule has 1 radical (unpaired) electrons. The van der Waals surface area contributed by atoms with Crippen LogP contribution >= 0.6 is 8.58 Å². The maximum atomic E-state index is 13.7. The Hall–Kier alpha value is -2.06. The third-order valence-electron chi connectivity index (χ3n) is 4.95. The summed E-state index contributed by atoms with van der Waals surface area (Å²) in [5.74, 6) is 4.11. The van der Waals surface area contributed by atoms with E-state index in [-0.39, 0.29) is 33.0 Å². The molecule has 2 aromatic carbocycles. The van der Waals surface area contributed by atoms with E-state index in [1.807, 2.05) is 12.1 Å². The molecule has 2 rings (SSSR count). The van der Waals surface area contributed by atoms with Crippen molar-refractivity contribution >= 4 is 38.3 Å². The van der Waals surface area contributed by atoms with Crippen LogP contribution in [0.4, 0.5) is 0 Å². The molecule has 0 aliphatic heterocycles. The fourth-order valence-electron chi connectivity index (χ4n) is 3.18. The Morgan fingerprint density at radius 1 is 0.649 bits per heavy atom. The van der Waals surface area contributed by atoms with Crippen LogP contribution in [-0.2, 0) is 0 Å². The molecule has 0 spiro atoms. The zero-order valence-corrected chi connectivity index (χ0v) is 25.0. The third-order valence-corrected chi connectivity index (χ3v) is 6.17. The minimum atomic E-state index is -0.295. The van der Waals surface area contributed by atoms with E-state index >= 15 is 0 Å². The number of benzene rings is 2. The topological polar surface area (TPSA) is 72.5 Å². The van der Waals surface area contributed by atoms with Crippen LogP contribution in [0.5, 0.6) is 34.5 Å². The number of hydrogen-bond acceptors (Lipinski definition) is 7. The van der Waals surface area contributed by atoms with E-state index in [0.717, 1.165) is 0 Å². The maximum absolute atomic E-state index is 13.7. The molecule has 7 nitrogen and oxygen atoms in total. The van der Waals surface area contributed by atoms with Gasteiger partial charge in [-0.1, -0.05) is 41.5 Å². The van der Waals surface area contributed by atoms with Crippen LogP contribution < -0.4 is 33.7 Å². The van der Waals surface area contributed by atoms with E-state index in [2.05, 4.69) is 41.5 Å². The molecule has 0 saturated heterocycles. The van der Waals surface area contributed by atoms with Gasteiger partial charge in [-0.05, 0) is 26.3 Å². The summed E-state index contributed by atoms with van der Waals surface area (Å²) in [5.41, 5.74) is 0.190. The average molecular weight is 528 g/mol. The number of rotatable bonds is 15. The fourth-order valence-corrected chi connectivity index (χ4v) is 4.31. The molecular weight excluding hydrogens is 486 g/mol. The van der Waals surface area contributed by atoms with E-state index in [1.165, 1.54) is 14.2 Å². The molecule has 0 N–H and O–H groups in total. The van der Waals surface area contributed by atoms with Gasteiger partial charge >= 0.3 is 0 Å². The van der Waals surface area contributed by atoms with Gasteiger partial charge in [0.05, 0.1) is 46.5 Å². The summed E-state index contributed by atoms with van der Waals surface area (Å²) in [5, 5.41) is 0.693. The molecule has 2 aromatic rings. The SMILES string of the molecule is COc1cc(OC)c(C(=O)Pc2c(OCC(C)C)cc(OCC(C)C)cc2OCC(C)C)c(OC)c1.[Li]. The van der Waals surface area contributed by atoms with Crippen LogP contribution in [0.15, 0.2) is 24.3 Å². The molecule has 0 bridgehead atoms. The summed E-state index contributed by atoms with van der Waals surface area (Å²) in [6, 6.07) is 7.06. The molecule has 0 amide bonds. The number of methoxy groups -OCH3 is 3. The third kappa shape index (κ3) is 9.97. The summed E-state index contributed by atoms with van der Waals surface area (Å²) >= 11 is 0. The zero-order valence-electron chi connectivity index (χ0n) is 24.0. The van der Waals surface area contributed by atoms with Crippen molar-refractivity contribution in [3.63, 3.8) is 0 Å². The standard InChI is InChI=1S/C28H41O7P.Li/c1-17(2)14-33-21-12-24(34-15-18(3)4)27(25(13-21)35-16-19(5)6)36-28(29)26-22(31-8)10-20(30-7)11-23(26)32-9;/h10-13,17-19,36H,14-16H2,1-9H3;. The normalized spacial score (nSPS) is 11.1. The molecule has 201 valence electrons. The molecule has 0 fully saturated rings. The van der Waals surface area contributed by atoms with E-state index in [0.29, 0.717) is 82.9 Å². The predicted octanol–water partition coefficient (Wildman–Crippen LogP) is 5.58. The predicted molar refractivity (Wildman–Crippen MR) is 152 cm³/mol. The van der Waals surface area contributed by atoms with Crippen molar-refractivity contribution in [2.45, 2.75) is 41.5 Å². The average Bonchev–Trinajstić information content (AvgIpc) is 2.84. The van der Waals surface area contributed by atoms with Gasteiger partial charge in [-0.3, -0.25) is 4.79 Å². The minimum Gasteiger partial charge on any atom is -0.496 e. The van der Waals surface area contributed by atoms with Gasteiger partial charge in [0.1, 0.15) is 40.1 Å². The van der Waals surface area contributed by atoms with E-state index in [1.54, 1.807) is 19.2 Å². The Morgan fingerprint density at radius 2 is 1.05 bits per heavy atom. The molecule has 0 aromatic heterocycles. The first kappa shape index (κ1) is 33.0. The maximum Gasteiger partial charge on any atom is 0.193 e. The first-order valence-corrected chi connectivity index (χ1v) is 13.3. The second-order valence-electron chi connectivity index (χ2n) is 9.77. The number of carbonyl (C=O) groups excluding carboxylic acids is 1. The van der Waals surface area contributed by atoms with E-state index in [4.69, 9.17) is 28.4 Å². The Labute approximate surface area is 235 Å². The summed E-state index contributed by atoms with van der Waals surface area (Å²) < 4.78 is 34.8. The van der Waals surface area contributed by atoms with Crippen LogP contribution in [0, 0.1) is 17.8 Å². The van der Waals surface area contributed by atoms with Crippen LogP contribution in [0.25, 0.3) is 0 Å². The van der Waals surface area contributed by atoms with E-state index < -0.39 is 0 Å². The molecule has 0 aliphatic carbocycles. The van der Waals surface area contributed by atoms with Crippen LogP contribution in [0.1, 0.15) is 51.9 Å². The van der Waals surface area contributed by atoms with Gasteiger partial charge in [-0.2, -0.15) is 0 Å².